The molecule has 0 spiro atoms. The zero-order valence-corrected chi connectivity index (χ0v) is 11.5. The van der Waals surface area contributed by atoms with Gasteiger partial charge in [0.25, 0.3) is 0 Å². The largest absolute Gasteiger partial charge is 0.369 e. The van der Waals surface area contributed by atoms with Crippen LogP contribution in [0.4, 0.5) is 0 Å². The van der Waals surface area contributed by atoms with Crippen LogP contribution in [0.5, 0.6) is 0 Å². The molecular formula is C14H25N3O2. The predicted octanol–water partition coefficient (Wildman–Crippen LogP) is 0.618. The number of hydrogen-bond acceptors (Lipinski definition) is 3. The summed E-state index contributed by atoms with van der Waals surface area (Å²) in [5.41, 5.74) is 11.4. The van der Waals surface area contributed by atoms with Gasteiger partial charge in [-0.15, -0.1) is 0 Å². The van der Waals surface area contributed by atoms with Gasteiger partial charge in [-0.2, -0.15) is 0 Å². The molecule has 0 aromatic carbocycles. The number of hydrogen-bond donors (Lipinski definition) is 2. The molecule has 0 bridgehead atoms. The molecule has 5 heteroatoms. The van der Waals surface area contributed by atoms with Crippen LogP contribution in [0, 0.1) is 11.8 Å². The summed E-state index contributed by atoms with van der Waals surface area (Å²) in [5.74, 6) is 0.253. The number of carbonyl (C=O) groups is 2. The van der Waals surface area contributed by atoms with E-state index in [1.54, 1.807) is 0 Å². The lowest BCUT2D eigenvalue weighted by Gasteiger charge is -2.34. The molecule has 2 amide bonds. The zero-order chi connectivity index (χ0) is 13.8. The zero-order valence-electron chi connectivity index (χ0n) is 11.5. The number of amides is 2. The molecule has 1 aliphatic heterocycles. The lowest BCUT2D eigenvalue weighted by Crippen LogP contribution is -2.44. The number of nitrogens with two attached hydrogens (primary N) is 2. The van der Waals surface area contributed by atoms with E-state index in [9.17, 15) is 9.59 Å². The van der Waals surface area contributed by atoms with Crippen molar-refractivity contribution >= 4 is 11.8 Å². The van der Waals surface area contributed by atoms with Crippen LogP contribution in [-0.2, 0) is 9.59 Å². The maximum Gasteiger partial charge on any atom is 0.222 e. The lowest BCUT2D eigenvalue weighted by molar-refractivity contribution is -0.136. The van der Waals surface area contributed by atoms with Crippen molar-refractivity contribution in [2.24, 2.45) is 23.3 Å². The Kier molecular flexibility index (Phi) is 4.80. The number of likely N-dealkylation sites (tertiary alicyclic amines) is 1. The maximum absolute atomic E-state index is 12.2. The molecular weight excluding hydrogens is 242 g/mol. The minimum absolute atomic E-state index is 0.0546. The molecule has 108 valence electrons. The van der Waals surface area contributed by atoms with Crippen molar-refractivity contribution in [3.8, 4) is 0 Å². The molecule has 0 radical (unpaired) electrons. The highest BCUT2D eigenvalue weighted by Crippen LogP contribution is 2.27. The van der Waals surface area contributed by atoms with Crippen LogP contribution in [0.3, 0.4) is 0 Å². The molecule has 2 fully saturated rings. The lowest BCUT2D eigenvalue weighted by atomic mass is 9.82. The van der Waals surface area contributed by atoms with E-state index in [2.05, 4.69) is 0 Å². The molecule has 1 saturated heterocycles. The van der Waals surface area contributed by atoms with Gasteiger partial charge in [0.2, 0.25) is 11.8 Å². The number of carbonyl (C=O) groups excluding carboxylic acids is 2. The number of rotatable bonds is 3. The highest BCUT2D eigenvalue weighted by molar-refractivity contribution is 5.79. The van der Waals surface area contributed by atoms with Gasteiger partial charge in [-0.05, 0) is 31.6 Å². The van der Waals surface area contributed by atoms with Crippen molar-refractivity contribution in [1.29, 1.82) is 0 Å². The average Bonchev–Trinajstić information content (AvgIpc) is 2.41. The molecule has 4 N–H and O–H groups in total. The first-order chi connectivity index (χ1) is 9.08. The third-order valence-electron chi connectivity index (χ3n) is 4.65. The Hall–Kier alpha value is -1.10. The van der Waals surface area contributed by atoms with E-state index in [1.807, 2.05) is 4.90 Å². The monoisotopic (exact) mass is 267 g/mol. The Labute approximate surface area is 114 Å². The molecule has 1 heterocycles. The summed E-state index contributed by atoms with van der Waals surface area (Å²) in [6, 6.07) is 0.181. The quantitative estimate of drug-likeness (QED) is 0.785. The van der Waals surface area contributed by atoms with Gasteiger partial charge in [-0.3, -0.25) is 9.59 Å². The average molecular weight is 267 g/mol. The molecule has 2 aliphatic rings. The van der Waals surface area contributed by atoms with Gasteiger partial charge in [0, 0.05) is 31.5 Å². The molecule has 0 aromatic heterocycles. The molecule has 2 rings (SSSR count). The SMILES string of the molecule is NC(=O)C1CCN(C(=O)CC2CCCCC2N)CC1. The second-order valence-corrected chi connectivity index (χ2v) is 5.97. The summed E-state index contributed by atoms with van der Waals surface area (Å²) >= 11 is 0. The molecule has 0 aromatic rings. The Bertz CT molecular complexity index is 338. The van der Waals surface area contributed by atoms with Crippen LogP contribution in [0.1, 0.15) is 44.9 Å². The van der Waals surface area contributed by atoms with Gasteiger partial charge in [-0.25, -0.2) is 0 Å². The number of nitrogens with zero attached hydrogens (tertiary/aromatic N) is 1. The fourth-order valence-electron chi connectivity index (χ4n) is 3.26. The van der Waals surface area contributed by atoms with E-state index in [0.29, 0.717) is 38.3 Å². The first-order valence-electron chi connectivity index (χ1n) is 7.40. The van der Waals surface area contributed by atoms with Crippen molar-refractivity contribution < 1.29 is 9.59 Å². The van der Waals surface area contributed by atoms with E-state index < -0.39 is 0 Å². The Morgan fingerprint density at radius 1 is 1.05 bits per heavy atom. The molecule has 1 aliphatic carbocycles. The highest BCUT2D eigenvalue weighted by Gasteiger charge is 2.29. The van der Waals surface area contributed by atoms with Gasteiger partial charge in [0.15, 0.2) is 0 Å². The number of primary amides is 1. The third kappa shape index (κ3) is 3.69. The summed E-state index contributed by atoms with van der Waals surface area (Å²) in [7, 11) is 0. The highest BCUT2D eigenvalue weighted by atomic mass is 16.2. The molecule has 2 unspecified atom stereocenters. The normalized spacial score (nSPS) is 29.2. The minimum Gasteiger partial charge on any atom is -0.369 e. The van der Waals surface area contributed by atoms with E-state index in [1.165, 1.54) is 12.8 Å². The van der Waals surface area contributed by atoms with E-state index in [0.717, 1.165) is 12.8 Å². The van der Waals surface area contributed by atoms with Crippen LogP contribution >= 0.6 is 0 Å². The van der Waals surface area contributed by atoms with E-state index in [4.69, 9.17) is 11.5 Å². The van der Waals surface area contributed by atoms with E-state index in [-0.39, 0.29) is 23.8 Å². The molecule has 2 atom stereocenters. The molecule has 1 saturated carbocycles. The standard InChI is InChI=1S/C14H25N3O2/c15-12-4-2-1-3-11(12)9-13(18)17-7-5-10(6-8-17)14(16)19/h10-12H,1-9,15H2,(H2,16,19). The third-order valence-corrected chi connectivity index (χ3v) is 4.65. The van der Waals surface area contributed by atoms with Gasteiger partial charge in [0.1, 0.15) is 0 Å². The summed E-state index contributed by atoms with van der Waals surface area (Å²) in [5, 5.41) is 0. The first kappa shape index (κ1) is 14.3. The van der Waals surface area contributed by atoms with Gasteiger partial charge < -0.3 is 16.4 Å². The van der Waals surface area contributed by atoms with Crippen LogP contribution < -0.4 is 11.5 Å². The smallest absolute Gasteiger partial charge is 0.222 e. The fraction of sp³-hybridized carbons (Fsp3) is 0.857. The second kappa shape index (κ2) is 6.37. The van der Waals surface area contributed by atoms with Crippen molar-refractivity contribution in [2.75, 3.05) is 13.1 Å². The Balaban J connectivity index is 1.79. The Morgan fingerprint density at radius 3 is 2.26 bits per heavy atom. The van der Waals surface area contributed by atoms with Crippen molar-refractivity contribution in [3.63, 3.8) is 0 Å². The second-order valence-electron chi connectivity index (χ2n) is 5.97. The molecule has 5 nitrogen and oxygen atoms in total. The topological polar surface area (TPSA) is 89.4 Å². The van der Waals surface area contributed by atoms with Crippen molar-refractivity contribution in [1.82, 2.24) is 4.90 Å². The van der Waals surface area contributed by atoms with Gasteiger partial charge in [-0.1, -0.05) is 12.8 Å². The van der Waals surface area contributed by atoms with Crippen molar-refractivity contribution in [3.05, 3.63) is 0 Å². The van der Waals surface area contributed by atoms with E-state index >= 15 is 0 Å². The summed E-state index contributed by atoms with van der Waals surface area (Å²) in [6.45, 7) is 1.32. The summed E-state index contributed by atoms with van der Waals surface area (Å²) < 4.78 is 0. The number of piperidine rings is 1. The summed E-state index contributed by atoms with van der Waals surface area (Å²) in [6.07, 6.45) is 6.48. The van der Waals surface area contributed by atoms with Crippen LogP contribution in [0.25, 0.3) is 0 Å². The first-order valence-corrected chi connectivity index (χ1v) is 7.40. The van der Waals surface area contributed by atoms with Crippen molar-refractivity contribution in [2.45, 2.75) is 51.0 Å². The molecule has 19 heavy (non-hydrogen) atoms. The van der Waals surface area contributed by atoms with Gasteiger partial charge >= 0.3 is 0 Å². The summed E-state index contributed by atoms with van der Waals surface area (Å²) in [4.78, 5) is 25.2. The maximum atomic E-state index is 12.2. The fourth-order valence-corrected chi connectivity index (χ4v) is 3.26. The van der Waals surface area contributed by atoms with Crippen LogP contribution in [0.2, 0.25) is 0 Å². The van der Waals surface area contributed by atoms with Crippen LogP contribution in [0.15, 0.2) is 0 Å². The van der Waals surface area contributed by atoms with Gasteiger partial charge in [0.05, 0.1) is 0 Å². The Morgan fingerprint density at radius 2 is 1.68 bits per heavy atom. The minimum atomic E-state index is -0.235. The predicted molar refractivity (Wildman–Crippen MR) is 73.0 cm³/mol. The van der Waals surface area contributed by atoms with Crippen LogP contribution in [-0.4, -0.2) is 35.8 Å².